The van der Waals surface area contributed by atoms with Crippen molar-refractivity contribution >= 4 is 40.6 Å². The fourth-order valence-electron chi connectivity index (χ4n) is 5.64. The van der Waals surface area contributed by atoms with Crippen LogP contribution < -0.4 is 16.0 Å². The first-order chi connectivity index (χ1) is 17.8. The third-order valence-corrected chi connectivity index (χ3v) is 7.50. The molecule has 0 aliphatic carbocycles. The van der Waals surface area contributed by atoms with E-state index in [1.165, 1.54) is 12.1 Å². The Hall–Kier alpha value is -3.95. The van der Waals surface area contributed by atoms with Crippen molar-refractivity contribution in [2.75, 3.05) is 24.5 Å². The summed E-state index contributed by atoms with van der Waals surface area (Å²) in [6.45, 7) is 1.75. The number of halogens is 3. The number of rotatable bonds is 3. The minimum absolute atomic E-state index is 0.0427. The van der Waals surface area contributed by atoms with Crippen molar-refractivity contribution in [2.24, 2.45) is 5.73 Å². The van der Waals surface area contributed by atoms with Gasteiger partial charge in [0, 0.05) is 60.0 Å². The smallest absolute Gasteiger partial charge is 0.290 e. The number of aromatic nitrogens is 1. The largest absolute Gasteiger partial charge is 0.483 e. The molecule has 7 nitrogen and oxygen atoms in total. The first-order valence-corrected chi connectivity index (χ1v) is 11.9. The van der Waals surface area contributed by atoms with E-state index in [0.717, 1.165) is 12.1 Å². The number of benzene rings is 3. The quantitative estimate of drug-likeness (QED) is 0.296. The molecule has 1 amide bonds. The number of anilines is 1. The molecule has 3 heterocycles. The molecular formula is C27H23ClF2N4O3. The fraction of sp³-hybridized carbons (Fsp3) is 0.185. The minimum atomic E-state index is -0.811. The Morgan fingerprint density at radius 2 is 1.89 bits per heavy atom. The van der Waals surface area contributed by atoms with Gasteiger partial charge in [-0.25, -0.2) is 8.78 Å². The monoisotopic (exact) mass is 524 g/mol. The Labute approximate surface area is 215 Å². The van der Waals surface area contributed by atoms with E-state index in [-0.39, 0.29) is 33.6 Å². The van der Waals surface area contributed by atoms with Crippen LogP contribution in [0.15, 0.2) is 54.7 Å². The Balaban J connectivity index is 0.000000892. The van der Waals surface area contributed by atoms with Gasteiger partial charge in [0.2, 0.25) is 5.91 Å². The van der Waals surface area contributed by atoms with Crippen molar-refractivity contribution < 1.29 is 23.5 Å². The van der Waals surface area contributed by atoms with E-state index in [4.69, 9.17) is 27.2 Å². The van der Waals surface area contributed by atoms with Crippen LogP contribution in [-0.2, 0) is 16.8 Å². The summed E-state index contributed by atoms with van der Waals surface area (Å²) in [6.07, 6.45) is 2.05. The average Bonchev–Trinajstić information content (AvgIpc) is 3.50. The predicted molar refractivity (Wildman–Crippen MR) is 138 cm³/mol. The van der Waals surface area contributed by atoms with Gasteiger partial charge in [0.25, 0.3) is 6.47 Å². The zero-order valence-electron chi connectivity index (χ0n) is 19.5. The molecule has 2 aliphatic rings. The van der Waals surface area contributed by atoms with Gasteiger partial charge < -0.3 is 26.0 Å². The number of nitrogens with two attached hydrogens (primary N) is 1. The number of carbonyl (C=O) groups is 2. The van der Waals surface area contributed by atoms with E-state index in [1.54, 1.807) is 12.3 Å². The maximum atomic E-state index is 15.9. The highest BCUT2D eigenvalue weighted by Crippen LogP contribution is 2.52. The highest BCUT2D eigenvalue weighted by molar-refractivity contribution is 6.34. The van der Waals surface area contributed by atoms with Crippen LogP contribution in [0.25, 0.3) is 22.0 Å². The van der Waals surface area contributed by atoms with Crippen LogP contribution >= 0.6 is 11.6 Å². The van der Waals surface area contributed by atoms with Gasteiger partial charge in [0.05, 0.1) is 16.1 Å². The number of carboxylic acid groups (broad SMARTS) is 1. The van der Waals surface area contributed by atoms with Gasteiger partial charge in [-0.1, -0.05) is 41.9 Å². The highest BCUT2D eigenvalue weighted by Gasteiger charge is 2.48. The van der Waals surface area contributed by atoms with Crippen LogP contribution in [-0.4, -0.2) is 42.1 Å². The second kappa shape index (κ2) is 9.49. The van der Waals surface area contributed by atoms with Gasteiger partial charge in [-0.15, -0.1) is 0 Å². The van der Waals surface area contributed by atoms with E-state index >= 15 is 8.78 Å². The Bertz CT molecular complexity index is 1530. The number of H-pyrrole nitrogens is 1. The molecule has 1 unspecified atom stereocenters. The molecule has 2 aliphatic heterocycles. The molecule has 0 radical (unpaired) electrons. The van der Waals surface area contributed by atoms with Gasteiger partial charge in [-0.3, -0.25) is 9.59 Å². The SMILES string of the molecule is NC(=O)c1cc2[nH]ccc2c(F)c1-c1c(Cl)c(F)cc2c1CC1(c3ccccc3)CNCCN21.O=CO. The molecule has 5 N–H and O–H groups in total. The van der Waals surface area contributed by atoms with Crippen LogP contribution in [0.2, 0.25) is 5.02 Å². The predicted octanol–water partition coefficient (Wildman–Crippen LogP) is 4.43. The van der Waals surface area contributed by atoms with Crippen molar-refractivity contribution in [3.05, 3.63) is 88.1 Å². The van der Waals surface area contributed by atoms with E-state index in [2.05, 4.69) is 15.2 Å². The second-order valence-electron chi connectivity index (χ2n) is 8.97. The van der Waals surface area contributed by atoms with E-state index in [1.807, 2.05) is 30.3 Å². The molecule has 1 fully saturated rings. The summed E-state index contributed by atoms with van der Waals surface area (Å²) in [5.41, 5.74) is 8.13. The van der Waals surface area contributed by atoms with Gasteiger partial charge in [-0.2, -0.15) is 0 Å². The number of aromatic amines is 1. The molecule has 37 heavy (non-hydrogen) atoms. The van der Waals surface area contributed by atoms with Crippen molar-refractivity contribution in [2.45, 2.75) is 12.0 Å². The molecule has 190 valence electrons. The summed E-state index contributed by atoms with van der Waals surface area (Å²) in [5.74, 6) is -2.13. The lowest BCUT2D eigenvalue weighted by Gasteiger charge is -2.45. The Morgan fingerprint density at radius 3 is 2.59 bits per heavy atom. The number of piperazine rings is 1. The zero-order chi connectivity index (χ0) is 26.3. The van der Waals surface area contributed by atoms with Crippen molar-refractivity contribution in [3.8, 4) is 11.1 Å². The first kappa shape index (κ1) is 24.7. The van der Waals surface area contributed by atoms with E-state index < -0.39 is 23.1 Å². The molecular weight excluding hydrogens is 502 g/mol. The fourth-order valence-corrected chi connectivity index (χ4v) is 5.90. The van der Waals surface area contributed by atoms with E-state index in [0.29, 0.717) is 36.3 Å². The maximum Gasteiger partial charge on any atom is 0.290 e. The van der Waals surface area contributed by atoms with Crippen LogP contribution in [0.1, 0.15) is 21.5 Å². The van der Waals surface area contributed by atoms with Crippen molar-refractivity contribution in [3.63, 3.8) is 0 Å². The molecule has 1 atom stereocenters. The number of hydrogen-bond donors (Lipinski definition) is 4. The summed E-state index contributed by atoms with van der Waals surface area (Å²) >= 11 is 6.54. The van der Waals surface area contributed by atoms with Gasteiger partial charge >= 0.3 is 0 Å². The lowest BCUT2D eigenvalue weighted by atomic mass is 9.82. The number of nitrogens with zero attached hydrogens (tertiary/aromatic N) is 1. The van der Waals surface area contributed by atoms with Crippen LogP contribution in [0.4, 0.5) is 14.5 Å². The van der Waals surface area contributed by atoms with Crippen molar-refractivity contribution in [1.82, 2.24) is 10.3 Å². The summed E-state index contributed by atoms with van der Waals surface area (Å²) < 4.78 is 31.2. The summed E-state index contributed by atoms with van der Waals surface area (Å²) in [7, 11) is 0. The van der Waals surface area contributed by atoms with Crippen molar-refractivity contribution in [1.29, 1.82) is 0 Å². The standard InChI is InChI=1S/C26H21ClF2N4O.CH2O2/c27-23-18(28)11-20-17(12-26(13-31-8-9-33(20)26)14-4-2-1-3-5-14)21(23)22-16(25(30)34)10-19-15(24(22)29)6-7-32-19;2-1-3/h1-7,10-11,31-32H,8-9,12-13H2,(H2,30,34);1H,(H,2,3). The second-order valence-corrected chi connectivity index (χ2v) is 9.35. The third-order valence-electron chi connectivity index (χ3n) is 7.13. The molecule has 0 spiro atoms. The zero-order valence-corrected chi connectivity index (χ0v) is 20.3. The van der Waals surface area contributed by atoms with Crippen LogP contribution in [0, 0.1) is 11.6 Å². The van der Waals surface area contributed by atoms with Gasteiger partial charge in [0.1, 0.15) is 11.6 Å². The number of fused-ring (bicyclic) bond motifs is 4. The van der Waals surface area contributed by atoms with E-state index in [9.17, 15) is 4.79 Å². The summed E-state index contributed by atoms with van der Waals surface area (Å²) in [4.78, 5) is 25.9. The average molecular weight is 525 g/mol. The molecule has 3 aromatic carbocycles. The topological polar surface area (TPSA) is 111 Å². The number of primary amides is 1. The highest BCUT2D eigenvalue weighted by atomic mass is 35.5. The van der Waals surface area contributed by atoms with Gasteiger partial charge in [-0.05, 0) is 29.3 Å². The Kier molecular flexibility index (Phi) is 6.35. The molecule has 10 heteroatoms. The van der Waals surface area contributed by atoms with Crippen LogP contribution in [0.5, 0.6) is 0 Å². The summed E-state index contributed by atoms with van der Waals surface area (Å²) in [5, 5.41) is 10.4. The summed E-state index contributed by atoms with van der Waals surface area (Å²) in [6, 6.07) is 14.5. The molecule has 1 saturated heterocycles. The molecule has 0 saturated carbocycles. The lowest BCUT2D eigenvalue weighted by molar-refractivity contribution is -0.122. The molecule has 4 aromatic rings. The molecule has 1 aromatic heterocycles. The molecule has 0 bridgehead atoms. The third kappa shape index (κ3) is 3.82. The number of amides is 1. The molecule has 6 rings (SSSR count). The number of hydrogen-bond acceptors (Lipinski definition) is 4. The normalized spacial score (nSPS) is 18.1. The first-order valence-electron chi connectivity index (χ1n) is 11.6. The lowest BCUT2D eigenvalue weighted by Crippen LogP contribution is -2.57. The minimum Gasteiger partial charge on any atom is -0.483 e. The van der Waals surface area contributed by atoms with Gasteiger partial charge in [0.15, 0.2) is 0 Å². The number of carbonyl (C=O) groups excluding carboxylic acids is 1. The Morgan fingerprint density at radius 1 is 1.16 bits per heavy atom. The maximum absolute atomic E-state index is 15.9. The van der Waals surface area contributed by atoms with Crippen LogP contribution in [0.3, 0.4) is 0 Å². The number of nitrogens with one attached hydrogen (secondary N) is 2.